The molecule has 0 bridgehead atoms. The van der Waals surface area contributed by atoms with Crippen LogP contribution in [0.15, 0.2) is 66.7 Å². The molecule has 0 aromatic heterocycles. The molecule has 1 amide bonds. The van der Waals surface area contributed by atoms with Gasteiger partial charge in [-0.2, -0.15) is 0 Å². The van der Waals surface area contributed by atoms with E-state index in [1.54, 1.807) is 0 Å². The fourth-order valence-electron chi connectivity index (χ4n) is 4.65. The summed E-state index contributed by atoms with van der Waals surface area (Å²) in [7, 11) is 0.0987. The minimum absolute atomic E-state index is 0.0112. The first-order valence-electron chi connectivity index (χ1n) is 12.7. The highest BCUT2D eigenvalue weighted by atomic mass is 31.1. The lowest BCUT2D eigenvalue weighted by molar-refractivity contribution is -0.130. The van der Waals surface area contributed by atoms with E-state index in [0.717, 1.165) is 34.6 Å². The smallest absolute Gasteiger partial charge is 0.249 e. The van der Waals surface area contributed by atoms with Crippen molar-refractivity contribution in [1.29, 1.82) is 0 Å². The van der Waals surface area contributed by atoms with E-state index in [0.29, 0.717) is 23.2 Å². The van der Waals surface area contributed by atoms with Crippen molar-refractivity contribution >= 4 is 35.7 Å². The molecule has 0 saturated carbocycles. The number of aryl methyl sites for hydroxylation is 2. The van der Waals surface area contributed by atoms with Crippen molar-refractivity contribution in [1.82, 2.24) is 5.32 Å². The first kappa shape index (κ1) is 28.4. The Kier molecular flexibility index (Phi) is 10.3. The van der Waals surface area contributed by atoms with Gasteiger partial charge in [0.1, 0.15) is 6.10 Å². The van der Waals surface area contributed by atoms with E-state index in [1.165, 1.54) is 7.11 Å². The van der Waals surface area contributed by atoms with Gasteiger partial charge in [-0.15, -0.1) is 0 Å². The predicted molar refractivity (Wildman–Crippen MR) is 152 cm³/mol. The molecule has 0 heterocycles. The van der Waals surface area contributed by atoms with Crippen molar-refractivity contribution in [2.24, 2.45) is 0 Å². The van der Waals surface area contributed by atoms with Crippen molar-refractivity contribution in [3.05, 3.63) is 94.5 Å². The Bertz CT molecular complexity index is 1200. The SMILES string of the molecule is CCCCNC(=O)C(CC(=O)c1c(C)cc(C)c(C(=O)P(c2ccccc2)c2ccccc2)c1C)OC. The summed E-state index contributed by atoms with van der Waals surface area (Å²) in [4.78, 5) is 40.3. The normalized spacial score (nSPS) is 11.8. The zero-order valence-electron chi connectivity index (χ0n) is 22.3. The highest BCUT2D eigenvalue weighted by molar-refractivity contribution is 7.88. The second-order valence-corrected chi connectivity index (χ2v) is 11.3. The summed E-state index contributed by atoms with van der Waals surface area (Å²) in [5.74, 6) is -0.495. The minimum atomic E-state index is -1.34. The molecule has 1 N–H and O–H groups in total. The second-order valence-electron chi connectivity index (χ2n) is 9.19. The van der Waals surface area contributed by atoms with Gasteiger partial charge in [0.25, 0.3) is 0 Å². The lowest BCUT2D eigenvalue weighted by atomic mass is 9.90. The molecular formula is C31H36NO4P. The van der Waals surface area contributed by atoms with E-state index in [2.05, 4.69) is 5.32 Å². The molecule has 3 rings (SSSR count). The number of nitrogens with one attached hydrogen (secondary N) is 1. The van der Waals surface area contributed by atoms with Crippen molar-refractivity contribution < 1.29 is 19.1 Å². The van der Waals surface area contributed by atoms with E-state index in [9.17, 15) is 14.4 Å². The molecule has 0 radical (unpaired) electrons. The number of methoxy groups -OCH3 is 1. The van der Waals surface area contributed by atoms with Gasteiger partial charge in [-0.1, -0.05) is 80.1 Å². The number of carbonyl (C=O) groups is 3. The number of Topliss-reactive ketones (excluding diaryl/α,β-unsaturated/α-hetero) is 1. The Hall–Kier alpha value is -3.14. The quantitative estimate of drug-likeness (QED) is 0.199. The third-order valence-corrected chi connectivity index (χ3v) is 8.73. The molecule has 6 heteroatoms. The first-order valence-corrected chi connectivity index (χ1v) is 14.0. The number of carbonyl (C=O) groups excluding carboxylic acids is 3. The summed E-state index contributed by atoms with van der Waals surface area (Å²) in [6.45, 7) is 8.24. The van der Waals surface area contributed by atoms with Crippen molar-refractivity contribution in [2.45, 2.75) is 53.1 Å². The van der Waals surface area contributed by atoms with Gasteiger partial charge in [-0.05, 0) is 54.5 Å². The molecule has 0 fully saturated rings. The zero-order chi connectivity index (χ0) is 26.9. The molecule has 0 aliphatic rings. The van der Waals surface area contributed by atoms with Gasteiger partial charge in [0, 0.05) is 39.1 Å². The second kappa shape index (κ2) is 13.4. The van der Waals surface area contributed by atoms with Gasteiger partial charge >= 0.3 is 0 Å². The Morgan fingerprint density at radius 2 is 1.41 bits per heavy atom. The van der Waals surface area contributed by atoms with Gasteiger partial charge in [0.2, 0.25) is 5.91 Å². The van der Waals surface area contributed by atoms with Gasteiger partial charge < -0.3 is 10.1 Å². The molecule has 3 aromatic rings. The van der Waals surface area contributed by atoms with Crippen LogP contribution in [0.3, 0.4) is 0 Å². The summed E-state index contributed by atoms with van der Waals surface area (Å²) in [6, 6.07) is 21.5. The van der Waals surface area contributed by atoms with Crippen LogP contribution < -0.4 is 15.9 Å². The van der Waals surface area contributed by atoms with Crippen LogP contribution in [0.4, 0.5) is 0 Å². The Balaban J connectivity index is 2.00. The van der Waals surface area contributed by atoms with Crippen molar-refractivity contribution in [3.8, 4) is 0 Å². The van der Waals surface area contributed by atoms with Crippen LogP contribution in [0.5, 0.6) is 0 Å². The maximum absolute atomic E-state index is 14.2. The molecule has 0 aliphatic heterocycles. The molecule has 0 saturated heterocycles. The highest BCUT2D eigenvalue weighted by Crippen LogP contribution is 2.40. The lowest BCUT2D eigenvalue weighted by Gasteiger charge is -2.22. The molecule has 5 nitrogen and oxygen atoms in total. The number of benzene rings is 3. The Labute approximate surface area is 221 Å². The molecular weight excluding hydrogens is 481 g/mol. The fourth-order valence-corrected chi connectivity index (χ4v) is 6.92. The molecule has 1 unspecified atom stereocenters. The number of hydrogen-bond acceptors (Lipinski definition) is 4. The maximum atomic E-state index is 14.2. The Morgan fingerprint density at radius 3 is 1.92 bits per heavy atom. The summed E-state index contributed by atoms with van der Waals surface area (Å²) >= 11 is 0. The Morgan fingerprint density at radius 1 is 0.865 bits per heavy atom. The summed E-state index contributed by atoms with van der Waals surface area (Å²) in [5.41, 5.74) is 3.38. The average molecular weight is 518 g/mol. The van der Waals surface area contributed by atoms with Crippen LogP contribution in [-0.4, -0.2) is 37.0 Å². The first-order chi connectivity index (χ1) is 17.8. The summed E-state index contributed by atoms with van der Waals surface area (Å²) < 4.78 is 5.37. The molecule has 3 aromatic carbocycles. The maximum Gasteiger partial charge on any atom is 0.249 e. The number of rotatable bonds is 12. The number of ether oxygens (including phenoxy) is 1. The molecule has 0 aliphatic carbocycles. The van der Waals surface area contributed by atoms with Gasteiger partial charge in [0.05, 0.1) is 0 Å². The van der Waals surface area contributed by atoms with Crippen LogP contribution in [0.25, 0.3) is 0 Å². The summed E-state index contributed by atoms with van der Waals surface area (Å²) in [5, 5.41) is 4.77. The molecule has 1 atom stereocenters. The van der Waals surface area contributed by atoms with E-state index in [-0.39, 0.29) is 23.6 Å². The predicted octanol–water partition coefficient (Wildman–Crippen LogP) is 5.39. The highest BCUT2D eigenvalue weighted by Gasteiger charge is 2.30. The zero-order valence-corrected chi connectivity index (χ0v) is 23.2. The van der Waals surface area contributed by atoms with Crippen LogP contribution in [0.2, 0.25) is 0 Å². The number of hydrogen-bond donors (Lipinski definition) is 1. The van der Waals surface area contributed by atoms with Gasteiger partial charge in [-0.3, -0.25) is 14.4 Å². The van der Waals surface area contributed by atoms with E-state index in [1.807, 2.05) is 94.4 Å². The molecule has 194 valence electrons. The van der Waals surface area contributed by atoms with Crippen molar-refractivity contribution in [3.63, 3.8) is 0 Å². The van der Waals surface area contributed by atoms with E-state index in [4.69, 9.17) is 4.74 Å². The van der Waals surface area contributed by atoms with Crippen LogP contribution in [0, 0.1) is 20.8 Å². The lowest BCUT2D eigenvalue weighted by Crippen LogP contribution is -2.38. The van der Waals surface area contributed by atoms with Crippen LogP contribution in [0.1, 0.15) is 63.6 Å². The number of unbranched alkanes of at least 4 members (excludes halogenated alkanes) is 1. The van der Waals surface area contributed by atoms with E-state index >= 15 is 0 Å². The molecule has 0 spiro atoms. The van der Waals surface area contributed by atoms with Crippen molar-refractivity contribution in [2.75, 3.05) is 13.7 Å². The standard InChI is InChI=1S/C31H36NO4P/c1-6-7-18-32-30(34)27(36-5)20-26(33)28-21(2)19-22(3)29(23(28)4)31(35)37(24-14-10-8-11-15-24)25-16-12-9-13-17-25/h8-17,19,27H,6-7,18,20H2,1-5H3,(H,32,34). The number of ketones is 1. The van der Waals surface area contributed by atoms with Crippen LogP contribution in [-0.2, 0) is 9.53 Å². The largest absolute Gasteiger partial charge is 0.371 e. The third-order valence-electron chi connectivity index (χ3n) is 6.47. The van der Waals surface area contributed by atoms with Gasteiger partial charge in [0.15, 0.2) is 11.3 Å². The van der Waals surface area contributed by atoms with E-state index < -0.39 is 14.0 Å². The summed E-state index contributed by atoms with van der Waals surface area (Å²) in [6.07, 6.45) is 0.862. The average Bonchev–Trinajstić information content (AvgIpc) is 2.88. The number of amides is 1. The monoisotopic (exact) mass is 517 g/mol. The van der Waals surface area contributed by atoms with Crippen LogP contribution >= 0.6 is 7.92 Å². The topological polar surface area (TPSA) is 72.5 Å². The molecule has 37 heavy (non-hydrogen) atoms. The van der Waals surface area contributed by atoms with Gasteiger partial charge in [-0.25, -0.2) is 0 Å². The third kappa shape index (κ3) is 6.80. The minimum Gasteiger partial charge on any atom is -0.371 e. The fraction of sp³-hybridized carbons (Fsp3) is 0.323.